The van der Waals surface area contributed by atoms with Crippen LogP contribution in [0.2, 0.25) is 0 Å². The van der Waals surface area contributed by atoms with E-state index in [1.807, 2.05) is 44.6 Å². The minimum Gasteiger partial charge on any atom is -0.478 e. The largest absolute Gasteiger partial charge is 0.478 e. The summed E-state index contributed by atoms with van der Waals surface area (Å²) in [6.45, 7) is 12.3. The van der Waals surface area contributed by atoms with Crippen LogP contribution in [-0.2, 0) is 11.8 Å². The predicted octanol–water partition coefficient (Wildman–Crippen LogP) is 7.02. The van der Waals surface area contributed by atoms with Gasteiger partial charge < -0.3 is 19.1 Å². The van der Waals surface area contributed by atoms with Crippen molar-refractivity contribution < 1.29 is 19.0 Å². The maximum absolute atomic E-state index is 12.5. The average Bonchev–Trinajstić information content (AvgIpc) is 3.24. The number of unbranched alkanes of at least 4 members (excludes halogenated alkanes) is 2. The molecule has 0 saturated carbocycles. The lowest BCUT2D eigenvalue weighted by Gasteiger charge is -2.29. The Morgan fingerprint density at radius 1 is 1.03 bits per heavy atom. The van der Waals surface area contributed by atoms with Crippen LogP contribution in [-0.4, -0.2) is 57.7 Å². The Bertz CT molecular complexity index is 1320. The minimum absolute atomic E-state index is 0.267. The quantitative estimate of drug-likeness (QED) is 0.260. The molecule has 1 aliphatic rings. The number of pyridine rings is 1. The Hall–Kier alpha value is -3.55. The maximum Gasteiger partial charge on any atom is 0.410 e. The summed E-state index contributed by atoms with van der Waals surface area (Å²) >= 11 is 0. The predicted molar refractivity (Wildman–Crippen MR) is 155 cm³/mol. The van der Waals surface area contributed by atoms with Gasteiger partial charge >= 0.3 is 6.09 Å². The first-order valence-electron chi connectivity index (χ1n) is 14.1. The van der Waals surface area contributed by atoms with Crippen molar-refractivity contribution >= 4 is 22.6 Å². The lowest BCUT2D eigenvalue weighted by atomic mass is 9.97. The standard InChI is InChI=1S/C31H42N4O4/c1-7-9-19-37-27-14-13-25(29(32-27)38-20-10-8-2)28-24-12-11-23(21-26(24)34(6)33-28)22-15-17-35(18-16-22)30(36)39-31(3,4)5/h11-15,21H,7-10,16-20H2,1-6H3. The molecule has 8 heteroatoms. The normalized spacial score (nSPS) is 13.9. The number of aryl methyl sites for hydroxylation is 1. The fraction of sp³-hybridized carbons (Fsp3) is 0.516. The van der Waals surface area contributed by atoms with Gasteiger partial charge in [0.2, 0.25) is 11.8 Å². The lowest BCUT2D eigenvalue weighted by Crippen LogP contribution is -2.39. The van der Waals surface area contributed by atoms with Gasteiger partial charge in [-0.3, -0.25) is 4.68 Å². The first kappa shape index (κ1) is 28.5. The third-order valence-corrected chi connectivity index (χ3v) is 6.66. The van der Waals surface area contributed by atoms with Gasteiger partial charge in [-0.05, 0) is 69.4 Å². The summed E-state index contributed by atoms with van der Waals surface area (Å²) in [7, 11) is 1.96. The number of rotatable bonds is 10. The molecule has 4 rings (SSSR count). The van der Waals surface area contributed by atoms with Gasteiger partial charge in [-0.15, -0.1) is 0 Å². The molecule has 0 saturated heterocycles. The Balaban J connectivity index is 1.60. The van der Waals surface area contributed by atoms with Crippen LogP contribution in [0.25, 0.3) is 27.7 Å². The molecule has 1 amide bonds. The first-order chi connectivity index (χ1) is 18.7. The van der Waals surface area contributed by atoms with Gasteiger partial charge in [0.25, 0.3) is 0 Å². The molecule has 0 unspecified atom stereocenters. The molecule has 3 aromatic rings. The molecule has 2 aromatic heterocycles. The monoisotopic (exact) mass is 534 g/mol. The second-order valence-corrected chi connectivity index (χ2v) is 11.0. The summed E-state index contributed by atoms with van der Waals surface area (Å²) in [6, 6.07) is 10.3. The van der Waals surface area contributed by atoms with Gasteiger partial charge in [0.15, 0.2) is 0 Å². The van der Waals surface area contributed by atoms with E-state index in [1.54, 1.807) is 4.90 Å². The van der Waals surface area contributed by atoms with Gasteiger partial charge in [0.05, 0.1) is 24.3 Å². The Morgan fingerprint density at radius 2 is 1.77 bits per heavy atom. The highest BCUT2D eigenvalue weighted by molar-refractivity contribution is 5.96. The van der Waals surface area contributed by atoms with Crippen LogP contribution in [0.5, 0.6) is 11.8 Å². The van der Waals surface area contributed by atoms with Crippen LogP contribution in [0.1, 0.15) is 72.3 Å². The van der Waals surface area contributed by atoms with E-state index in [0.717, 1.165) is 59.8 Å². The summed E-state index contributed by atoms with van der Waals surface area (Å²) in [5.41, 5.74) is 4.59. The van der Waals surface area contributed by atoms with E-state index >= 15 is 0 Å². The maximum atomic E-state index is 12.5. The molecule has 0 bridgehead atoms. The van der Waals surface area contributed by atoms with Crippen LogP contribution >= 0.6 is 0 Å². The van der Waals surface area contributed by atoms with Gasteiger partial charge in [0.1, 0.15) is 11.3 Å². The second kappa shape index (κ2) is 12.5. The van der Waals surface area contributed by atoms with Crippen molar-refractivity contribution in [3.05, 3.63) is 42.0 Å². The summed E-state index contributed by atoms with van der Waals surface area (Å²) in [5, 5.41) is 5.91. The fourth-order valence-corrected chi connectivity index (χ4v) is 4.51. The number of hydrogen-bond donors (Lipinski definition) is 0. The van der Waals surface area contributed by atoms with Crippen molar-refractivity contribution in [1.82, 2.24) is 19.7 Å². The van der Waals surface area contributed by atoms with E-state index in [2.05, 4.69) is 38.1 Å². The van der Waals surface area contributed by atoms with E-state index in [1.165, 1.54) is 5.57 Å². The summed E-state index contributed by atoms with van der Waals surface area (Å²) in [4.78, 5) is 18.9. The van der Waals surface area contributed by atoms with Gasteiger partial charge in [-0.25, -0.2) is 4.79 Å². The number of amides is 1. The molecule has 3 heterocycles. The zero-order chi connectivity index (χ0) is 28.0. The van der Waals surface area contributed by atoms with Gasteiger partial charge in [-0.1, -0.05) is 38.8 Å². The van der Waals surface area contributed by atoms with E-state index < -0.39 is 5.60 Å². The summed E-state index contributed by atoms with van der Waals surface area (Å²) < 4.78 is 19.4. The molecule has 0 atom stereocenters. The zero-order valence-corrected chi connectivity index (χ0v) is 24.2. The van der Waals surface area contributed by atoms with E-state index in [4.69, 9.17) is 24.3 Å². The van der Waals surface area contributed by atoms with E-state index in [-0.39, 0.29) is 6.09 Å². The van der Waals surface area contributed by atoms with E-state index in [9.17, 15) is 4.79 Å². The van der Waals surface area contributed by atoms with Crippen molar-refractivity contribution in [3.63, 3.8) is 0 Å². The SMILES string of the molecule is CCCCOc1ccc(-c2nn(C)c3cc(C4=CCN(C(=O)OC(C)(C)C)CC4)ccc23)c(OCCCC)n1. The number of ether oxygens (including phenoxy) is 3. The van der Waals surface area contributed by atoms with Gasteiger partial charge in [0, 0.05) is 31.6 Å². The highest BCUT2D eigenvalue weighted by Crippen LogP contribution is 2.36. The smallest absolute Gasteiger partial charge is 0.410 e. The molecule has 8 nitrogen and oxygen atoms in total. The third kappa shape index (κ3) is 7.11. The number of carbonyl (C=O) groups is 1. The minimum atomic E-state index is -0.498. The number of benzene rings is 1. The third-order valence-electron chi connectivity index (χ3n) is 6.66. The second-order valence-electron chi connectivity index (χ2n) is 11.0. The molecule has 39 heavy (non-hydrogen) atoms. The van der Waals surface area contributed by atoms with Crippen molar-refractivity contribution in [2.75, 3.05) is 26.3 Å². The number of carbonyl (C=O) groups excluding carboxylic acids is 1. The molecular formula is C31H42N4O4. The van der Waals surface area contributed by atoms with Crippen LogP contribution in [0, 0.1) is 0 Å². The average molecular weight is 535 g/mol. The lowest BCUT2D eigenvalue weighted by molar-refractivity contribution is 0.0270. The van der Waals surface area contributed by atoms with Crippen molar-refractivity contribution in [2.45, 2.75) is 72.3 Å². The number of hydrogen-bond acceptors (Lipinski definition) is 6. The number of nitrogens with zero attached hydrogens (tertiary/aromatic N) is 4. The Morgan fingerprint density at radius 3 is 2.44 bits per heavy atom. The molecule has 0 N–H and O–H groups in total. The van der Waals surface area contributed by atoms with Crippen molar-refractivity contribution in [1.29, 1.82) is 0 Å². The summed E-state index contributed by atoms with van der Waals surface area (Å²) in [5.74, 6) is 1.13. The van der Waals surface area contributed by atoms with Crippen molar-refractivity contribution in [3.8, 4) is 23.0 Å². The Kier molecular flexibility index (Phi) is 9.15. The molecule has 210 valence electrons. The van der Waals surface area contributed by atoms with Crippen molar-refractivity contribution in [2.24, 2.45) is 7.05 Å². The fourth-order valence-electron chi connectivity index (χ4n) is 4.51. The van der Waals surface area contributed by atoms with E-state index in [0.29, 0.717) is 38.1 Å². The first-order valence-corrected chi connectivity index (χ1v) is 14.1. The zero-order valence-electron chi connectivity index (χ0n) is 24.2. The number of fused-ring (bicyclic) bond motifs is 1. The molecule has 1 aromatic carbocycles. The van der Waals surface area contributed by atoms with Crippen LogP contribution < -0.4 is 9.47 Å². The summed E-state index contributed by atoms with van der Waals surface area (Å²) in [6.07, 6.45) is 6.67. The molecule has 0 radical (unpaired) electrons. The van der Waals surface area contributed by atoms with Crippen LogP contribution in [0.4, 0.5) is 4.79 Å². The van der Waals surface area contributed by atoms with Crippen LogP contribution in [0.3, 0.4) is 0 Å². The molecular weight excluding hydrogens is 492 g/mol. The van der Waals surface area contributed by atoms with Gasteiger partial charge in [-0.2, -0.15) is 10.1 Å². The number of aromatic nitrogens is 3. The highest BCUT2D eigenvalue weighted by atomic mass is 16.6. The Labute approximate surface area is 231 Å². The molecule has 0 fully saturated rings. The molecule has 1 aliphatic heterocycles. The molecule has 0 aliphatic carbocycles. The highest BCUT2D eigenvalue weighted by Gasteiger charge is 2.24. The van der Waals surface area contributed by atoms with Crippen LogP contribution in [0.15, 0.2) is 36.4 Å². The topological polar surface area (TPSA) is 78.7 Å². The molecule has 0 spiro atoms.